The first kappa shape index (κ1) is 22.2. The van der Waals surface area contributed by atoms with Crippen LogP contribution < -0.4 is 10.9 Å². The Morgan fingerprint density at radius 2 is 1.91 bits per heavy atom. The molecule has 1 aliphatic heterocycles. The molecule has 2 aromatic heterocycles. The molecule has 1 aromatic carbocycles. The van der Waals surface area contributed by atoms with Gasteiger partial charge in [-0.15, -0.1) is 0 Å². The third kappa shape index (κ3) is 4.76. The average molecular weight is 465 g/mol. The highest BCUT2D eigenvalue weighted by Crippen LogP contribution is 2.33. The molecule has 8 heteroatoms. The van der Waals surface area contributed by atoms with Crippen molar-refractivity contribution in [3.63, 3.8) is 0 Å². The molecule has 0 spiro atoms. The largest absolute Gasteiger partial charge is 0.369 e. The van der Waals surface area contributed by atoms with Crippen LogP contribution in [0.3, 0.4) is 0 Å². The van der Waals surface area contributed by atoms with E-state index in [-0.39, 0.29) is 11.5 Å². The van der Waals surface area contributed by atoms with Gasteiger partial charge in [0.25, 0.3) is 11.5 Å². The summed E-state index contributed by atoms with van der Waals surface area (Å²) in [6, 6.07) is 15.5. The molecule has 3 aromatic rings. The zero-order chi connectivity index (χ0) is 22.5. The SMILES string of the molecule is CCCCN1C(=O)/C(=C\c2c(NCCc3ccccc3)nc3ccccn3c2=O)SC1=S. The van der Waals surface area contributed by atoms with Crippen molar-refractivity contribution in [2.24, 2.45) is 0 Å². The lowest BCUT2D eigenvalue weighted by Crippen LogP contribution is -2.29. The quantitative estimate of drug-likeness (QED) is 0.395. The zero-order valence-electron chi connectivity index (χ0n) is 17.8. The fourth-order valence-electron chi connectivity index (χ4n) is 3.48. The minimum Gasteiger partial charge on any atom is -0.369 e. The number of nitrogens with zero attached hydrogens (tertiary/aromatic N) is 3. The molecule has 164 valence electrons. The molecule has 1 fully saturated rings. The Bertz CT molecular complexity index is 1240. The molecular weight excluding hydrogens is 440 g/mol. The molecule has 0 saturated carbocycles. The summed E-state index contributed by atoms with van der Waals surface area (Å²) in [6.07, 6.45) is 5.95. The lowest BCUT2D eigenvalue weighted by molar-refractivity contribution is -0.122. The van der Waals surface area contributed by atoms with Gasteiger partial charge in [0.2, 0.25) is 0 Å². The lowest BCUT2D eigenvalue weighted by Gasteiger charge is -2.13. The van der Waals surface area contributed by atoms with Crippen LogP contribution in [0.15, 0.2) is 64.4 Å². The van der Waals surface area contributed by atoms with Crippen molar-refractivity contribution in [3.05, 3.63) is 81.1 Å². The Hall–Kier alpha value is -2.97. The molecule has 0 atom stereocenters. The number of nitrogens with one attached hydrogen (secondary N) is 1. The molecule has 1 N–H and O–H groups in total. The molecule has 32 heavy (non-hydrogen) atoms. The molecule has 1 aliphatic rings. The van der Waals surface area contributed by atoms with E-state index in [0.29, 0.717) is 39.3 Å². The Labute approximate surface area is 196 Å². The van der Waals surface area contributed by atoms with E-state index in [1.165, 1.54) is 21.7 Å². The zero-order valence-corrected chi connectivity index (χ0v) is 19.4. The second-order valence-corrected chi connectivity index (χ2v) is 9.13. The van der Waals surface area contributed by atoms with Gasteiger partial charge in [0.15, 0.2) is 0 Å². The van der Waals surface area contributed by atoms with Crippen LogP contribution in [-0.2, 0) is 11.2 Å². The molecule has 0 unspecified atom stereocenters. The number of thioether (sulfide) groups is 1. The molecular formula is C24H24N4O2S2. The van der Waals surface area contributed by atoms with Gasteiger partial charge < -0.3 is 5.32 Å². The number of carbonyl (C=O) groups is 1. The van der Waals surface area contributed by atoms with Crippen molar-refractivity contribution >= 4 is 51.7 Å². The highest BCUT2D eigenvalue weighted by atomic mass is 32.2. The predicted molar refractivity (Wildman–Crippen MR) is 135 cm³/mol. The van der Waals surface area contributed by atoms with E-state index in [1.54, 1.807) is 29.3 Å². The molecule has 3 heterocycles. The molecule has 1 saturated heterocycles. The topological polar surface area (TPSA) is 66.7 Å². The molecule has 4 rings (SSSR count). The van der Waals surface area contributed by atoms with Gasteiger partial charge in [0.1, 0.15) is 15.8 Å². The first-order valence-corrected chi connectivity index (χ1v) is 11.9. The van der Waals surface area contributed by atoms with Crippen LogP contribution in [0, 0.1) is 0 Å². The Balaban J connectivity index is 1.67. The predicted octanol–water partition coefficient (Wildman–Crippen LogP) is 4.35. The van der Waals surface area contributed by atoms with Crippen molar-refractivity contribution in [1.29, 1.82) is 0 Å². The van der Waals surface area contributed by atoms with Gasteiger partial charge in [-0.3, -0.25) is 18.9 Å². The van der Waals surface area contributed by atoms with Gasteiger partial charge in [0, 0.05) is 19.3 Å². The number of anilines is 1. The monoisotopic (exact) mass is 464 g/mol. The number of aromatic nitrogens is 2. The fourth-order valence-corrected chi connectivity index (χ4v) is 4.77. The van der Waals surface area contributed by atoms with Crippen molar-refractivity contribution in [2.75, 3.05) is 18.4 Å². The number of amides is 1. The van der Waals surface area contributed by atoms with E-state index >= 15 is 0 Å². The van der Waals surface area contributed by atoms with Crippen molar-refractivity contribution < 1.29 is 4.79 Å². The van der Waals surface area contributed by atoms with Gasteiger partial charge >= 0.3 is 0 Å². The highest BCUT2D eigenvalue weighted by molar-refractivity contribution is 8.26. The second kappa shape index (κ2) is 10.1. The van der Waals surface area contributed by atoms with Crippen LogP contribution in [0.1, 0.15) is 30.9 Å². The molecule has 0 bridgehead atoms. The van der Waals surface area contributed by atoms with Crippen molar-refractivity contribution in [1.82, 2.24) is 14.3 Å². The Morgan fingerprint density at radius 1 is 1.12 bits per heavy atom. The summed E-state index contributed by atoms with van der Waals surface area (Å²) < 4.78 is 2.02. The summed E-state index contributed by atoms with van der Waals surface area (Å²) in [4.78, 5) is 32.9. The van der Waals surface area contributed by atoms with Crippen LogP contribution in [0.25, 0.3) is 11.7 Å². The normalized spacial score (nSPS) is 15.2. The Morgan fingerprint density at radius 3 is 2.69 bits per heavy atom. The number of hydrogen-bond acceptors (Lipinski definition) is 6. The van der Waals surface area contributed by atoms with Crippen LogP contribution >= 0.6 is 24.0 Å². The third-order valence-corrected chi connectivity index (χ3v) is 6.58. The second-order valence-electron chi connectivity index (χ2n) is 7.46. The number of carbonyl (C=O) groups excluding carboxylic acids is 1. The van der Waals surface area contributed by atoms with Crippen LogP contribution in [0.2, 0.25) is 0 Å². The van der Waals surface area contributed by atoms with Gasteiger partial charge in [-0.2, -0.15) is 0 Å². The molecule has 1 amide bonds. The first-order valence-electron chi connectivity index (χ1n) is 10.6. The summed E-state index contributed by atoms with van der Waals surface area (Å²) in [7, 11) is 0. The van der Waals surface area contributed by atoms with E-state index in [0.717, 1.165) is 19.3 Å². The van der Waals surface area contributed by atoms with E-state index in [2.05, 4.69) is 29.4 Å². The minimum atomic E-state index is -0.225. The standard InChI is InChI=1S/C24H24N4O2S2/c1-2-3-14-28-23(30)19(32-24(28)31)16-18-21(25-13-12-17-9-5-4-6-10-17)26-20-11-7-8-15-27(20)22(18)29/h4-11,15-16,25H,2-3,12-14H2,1H3/b19-16+. The maximum absolute atomic E-state index is 13.3. The van der Waals surface area contributed by atoms with Gasteiger partial charge in [0.05, 0.1) is 10.5 Å². The Kier molecular flexibility index (Phi) is 7.02. The maximum Gasteiger partial charge on any atom is 0.267 e. The van der Waals surface area contributed by atoms with Crippen LogP contribution in [-0.4, -0.2) is 37.6 Å². The van der Waals surface area contributed by atoms with E-state index < -0.39 is 0 Å². The number of pyridine rings is 1. The van der Waals surface area contributed by atoms with E-state index in [4.69, 9.17) is 12.2 Å². The van der Waals surface area contributed by atoms with E-state index in [1.807, 2.05) is 24.3 Å². The molecule has 6 nitrogen and oxygen atoms in total. The van der Waals surface area contributed by atoms with Gasteiger partial charge in [-0.1, -0.05) is 73.7 Å². The van der Waals surface area contributed by atoms with Crippen LogP contribution in [0.5, 0.6) is 0 Å². The number of benzene rings is 1. The number of unbranched alkanes of at least 4 members (excludes halogenated alkanes) is 1. The van der Waals surface area contributed by atoms with Gasteiger partial charge in [-0.05, 0) is 36.6 Å². The summed E-state index contributed by atoms with van der Waals surface area (Å²) in [5.41, 5.74) is 1.87. The molecule has 0 aliphatic carbocycles. The lowest BCUT2D eigenvalue weighted by atomic mass is 10.1. The number of hydrogen-bond donors (Lipinski definition) is 1. The van der Waals surface area contributed by atoms with Crippen molar-refractivity contribution in [2.45, 2.75) is 26.2 Å². The smallest absolute Gasteiger partial charge is 0.267 e. The summed E-state index contributed by atoms with van der Waals surface area (Å²) in [5, 5.41) is 3.30. The summed E-state index contributed by atoms with van der Waals surface area (Å²) in [6.45, 7) is 3.27. The first-order chi connectivity index (χ1) is 15.6. The maximum atomic E-state index is 13.3. The number of fused-ring (bicyclic) bond motifs is 1. The minimum absolute atomic E-state index is 0.152. The summed E-state index contributed by atoms with van der Waals surface area (Å²) >= 11 is 6.64. The van der Waals surface area contributed by atoms with Gasteiger partial charge in [-0.25, -0.2) is 4.98 Å². The van der Waals surface area contributed by atoms with Crippen LogP contribution in [0.4, 0.5) is 5.82 Å². The summed E-state index contributed by atoms with van der Waals surface area (Å²) in [5.74, 6) is 0.317. The fraction of sp³-hybridized carbons (Fsp3) is 0.250. The number of thiocarbonyl (C=S) groups is 1. The molecule has 0 radical (unpaired) electrons. The highest BCUT2D eigenvalue weighted by Gasteiger charge is 2.32. The van der Waals surface area contributed by atoms with E-state index in [9.17, 15) is 9.59 Å². The average Bonchev–Trinajstić information content (AvgIpc) is 3.07. The van der Waals surface area contributed by atoms with Crippen molar-refractivity contribution in [3.8, 4) is 0 Å². The number of rotatable bonds is 8. The third-order valence-electron chi connectivity index (χ3n) is 5.20.